The number of imidazole rings is 1. The highest BCUT2D eigenvalue weighted by Crippen LogP contribution is 2.17. The summed E-state index contributed by atoms with van der Waals surface area (Å²) in [7, 11) is 2.95. The summed E-state index contributed by atoms with van der Waals surface area (Å²) < 4.78 is 9.74. The van der Waals surface area contributed by atoms with Gasteiger partial charge in [-0.15, -0.1) is 0 Å². The summed E-state index contributed by atoms with van der Waals surface area (Å²) in [6, 6.07) is 9.14. The van der Waals surface area contributed by atoms with Crippen molar-refractivity contribution in [3.63, 3.8) is 0 Å². The summed E-state index contributed by atoms with van der Waals surface area (Å²) in [5.74, 6) is 0.648. The highest BCUT2D eigenvalue weighted by molar-refractivity contribution is 9.10. The average molecular weight is 409 g/mol. The molecule has 9 heteroatoms. The first-order chi connectivity index (χ1) is 11.9. The third-order valence-electron chi connectivity index (χ3n) is 3.88. The molecule has 0 saturated carbocycles. The lowest BCUT2D eigenvalue weighted by atomic mass is 10.3. The van der Waals surface area contributed by atoms with E-state index in [2.05, 4.69) is 20.9 Å². The average Bonchev–Trinajstić information content (AvgIpc) is 2.94. The zero-order chi connectivity index (χ0) is 18.1. The zero-order valence-electron chi connectivity index (χ0n) is 13.7. The topological polar surface area (TPSA) is 91.3 Å². The number of nitrogens with zero attached hydrogens (tertiary/aromatic N) is 4. The molecule has 1 N–H and O–H groups in total. The van der Waals surface area contributed by atoms with Crippen LogP contribution in [0.2, 0.25) is 0 Å². The van der Waals surface area contributed by atoms with Crippen LogP contribution in [0.25, 0.3) is 11.2 Å². The highest BCUT2D eigenvalue weighted by Gasteiger charge is 2.20. The van der Waals surface area contributed by atoms with Crippen LogP contribution in [-0.4, -0.2) is 36.5 Å². The molecule has 0 aliphatic heterocycles. The van der Waals surface area contributed by atoms with E-state index < -0.39 is 17.4 Å². The van der Waals surface area contributed by atoms with Gasteiger partial charge in [-0.3, -0.25) is 13.9 Å². The van der Waals surface area contributed by atoms with Gasteiger partial charge in [0, 0.05) is 14.1 Å². The van der Waals surface area contributed by atoms with Crippen molar-refractivity contribution in [3.8, 4) is 5.75 Å². The third-order valence-corrected chi connectivity index (χ3v) is 4.49. The van der Waals surface area contributed by atoms with Crippen LogP contribution in [-0.2, 0) is 20.6 Å². The molecular formula is C16H17BrN4O4. The Morgan fingerprint density at radius 3 is 2.56 bits per heavy atom. The van der Waals surface area contributed by atoms with Crippen LogP contribution in [0.15, 0.2) is 44.7 Å². The molecule has 0 saturated heterocycles. The summed E-state index contributed by atoms with van der Waals surface area (Å²) in [6.45, 7) is 0.152. The van der Waals surface area contributed by atoms with E-state index in [4.69, 9.17) is 4.74 Å². The fraction of sp³-hybridized carbons (Fsp3) is 0.312. The van der Waals surface area contributed by atoms with E-state index >= 15 is 0 Å². The predicted octanol–water partition coefficient (Wildman–Crippen LogP) is 0.636. The molecular weight excluding hydrogens is 392 g/mol. The molecule has 0 fully saturated rings. The van der Waals surface area contributed by atoms with Gasteiger partial charge in [-0.25, -0.2) is 9.78 Å². The fourth-order valence-electron chi connectivity index (χ4n) is 2.56. The zero-order valence-corrected chi connectivity index (χ0v) is 15.3. The van der Waals surface area contributed by atoms with Crippen LogP contribution in [0, 0.1) is 0 Å². The minimum absolute atomic E-state index is 0.0577. The Morgan fingerprint density at radius 2 is 1.88 bits per heavy atom. The number of aliphatic hydroxyl groups is 1. The van der Waals surface area contributed by atoms with Crippen molar-refractivity contribution in [2.24, 2.45) is 14.1 Å². The first-order valence-corrected chi connectivity index (χ1v) is 8.37. The van der Waals surface area contributed by atoms with Crippen molar-refractivity contribution in [3.05, 3.63) is 55.9 Å². The minimum atomic E-state index is -0.865. The van der Waals surface area contributed by atoms with E-state index in [9.17, 15) is 14.7 Å². The van der Waals surface area contributed by atoms with Crippen molar-refractivity contribution in [2.45, 2.75) is 12.6 Å². The van der Waals surface area contributed by atoms with Gasteiger partial charge in [0.1, 0.15) is 18.5 Å². The molecule has 0 unspecified atom stereocenters. The van der Waals surface area contributed by atoms with Gasteiger partial charge < -0.3 is 14.4 Å². The number of ether oxygens (including phenoxy) is 1. The lowest BCUT2D eigenvalue weighted by Gasteiger charge is -2.14. The summed E-state index contributed by atoms with van der Waals surface area (Å²) in [5, 5.41) is 10.3. The molecule has 2 heterocycles. The Bertz CT molecular complexity index is 1020. The molecule has 1 atom stereocenters. The molecule has 0 aliphatic rings. The Kier molecular flexibility index (Phi) is 4.78. The lowest BCUT2D eigenvalue weighted by molar-refractivity contribution is 0.0928. The Labute approximate surface area is 151 Å². The minimum Gasteiger partial charge on any atom is -0.491 e. The van der Waals surface area contributed by atoms with Crippen LogP contribution < -0.4 is 16.0 Å². The van der Waals surface area contributed by atoms with Crippen molar-refractivity contribution in [2.75, 3.05) is 6.61 Å². The molecule has 1 aromatic carbocycles. The molecule has 0 amide bonds. The first-order valence-electron chi connectivity index (χ1n) is 7.57. The SMILES string of the molecule is Cn1c(=O)c2c(nc(Br)n2C[C@H](O)COc2ccccc2)n(C)c1=O. The van der Waals surface area contributed by atoms with Crippen LogP contribution in [0.4, 0.5) is 0 Å². The third kappa shape index (κ3) is 3.24. The Morgan fingerprint density at radius 1 is 1.20 bits per heavy atom. The number of aryl methyl sites for hydroxylation is 1. The number of fused-ring (bicyclic) bond motifs is 1. The standard InChI is InChI=1S/C16H17BrN4O4/c1-19-13-12(14(23)20(2)16(19)24)21(15(17)18-13)8-10(22)9-25-11-6-4-3-5-7-11/h3-7,10,22H,8-9H2,1-2H3/t10-/m0/s1. The fourth-order valence-corrected chi connectivity index (χ4v) is 3.05. The van der Waals surface area contributed by atoms with Crippen LogP contribution in [0.3, 0.4) is 0 Å². The summed E-state index contributed by atoms with van der Waals surface area (Å²) in [5.41, 5.74) is -0.415. The lowest BCUT2D eigenvalue weighted by Crippen LogP contribution is -2.38. The molecule has 0 aliphatic carbocycles. The van der Waals surface area contributed by atoms with Gasteiger partial charge >= 0.3 is 5.69 Å². The number of para-hydroxylation sites is 1. The molecule has 3 aromatic rings. The van der Waals surface area contributed by atoms with Gasteiger partial charge in [-0.1, -0.05) is 18.2 Å². The van der Waals surface area contributed by atoms with Crippen LogP contribution in [0.1, 0.15) is 0 Å². The predicted molar refractivity (Wildman–Crippen MR) is 95.9 cm³/mol. The second-order valence-electron chi connectivity index (χ2n) is 5.65. The molecule has 25 heavy (non-hydrogen) atoms. The monoisotopic (exact) mass is 408 g/mol. The van der Waals surface area contributed by atoms with Crippen LogP contribution in [0.5, 0.6) is 5.75 Å². The van der Waals surface area contributed by atoms with E-state index in [0.717, 1.165) is 4.57 Å². The molecule has 3 rings (SSSR count). The number of aliphatic hydroxyl groups excluding tert-OH is 1. The summed E-state index contributed by atoms with van der Waals surface area (Å²) in [6.07, 6.45) is -0.865. The number of hydrogen-bond acceptors (Lipinski definition) is 5. The van der Waals surface area contributed by atoms with Gasteiger partial charge in [0.15, 0.2) is 15.9 Å². The maximum Gasteiger partial charge on any atom is 0.332 e. The van der Waals surface area contributed by atoms with Gasteiger partial charge in [-0.2, -0.15) is 0 Å². The second kappa shape index (κ2) is 6.85. The second-order valence-corrected chi connectivity index (χ2v) is 6.36. The molecule has 2 aromatic heterocycles. The van der Waals surface area contributed by atoms with E-state index in [-0.39, 0.29) is 24.3 Å². The van der Waals surface area contributed by atoms with Gasteiger partial charge in [0.25, 0.3) is 5.56 Å². The number of rotatable bonds is 5. The smallest absolute Gasteiger partial charge is 0.332 e. The largest absolute Gasteiger partial charge is 0.491 e. The van der Waals surface area contributed by atoms with Crippen LogP contribution >= 0.6 is 15.9 Å². The van der Waals surface area contributed by atoms with E-state index in [1.807, 2.05) is 18.2 Å². The first kappa shape index (κ1) is 17.4. The Balaban J connectivity index is 1.90. The summed E-state index contributed by atoms with van der Waals surface area (Å²) >= 11 is 3.29. The molecule has 0 spiro atoms. The maximum atomic E-state index is 12.5. The number of halogens is 1. The van der Waals surface area contributed by atoms with Crippen molar-refractivity contribution < 1.29 is 9.84 Å². The van der Waals surface area contributed by atoms with Crippen molar-refractivity contribution in [1.29, 1.82) is 0 Å². The number of benzene rings is 1. The number of hydrogen-bond donors (Lipinski definition) is 1. The van der Waals surface area contributed by atoms with Gasteiger partial charge in [0.2, 0.25) is 0 Å². The highest BCUT2D eigenvalue weighted by atomic mass is 79.9. The molecule has 132 valence electrons. The van der Waals surface area contributed by atoms with Gasteiger partial charge in [-0.05, 0) is 28.1 Å². The van der Waals surface area contributed by atoms with Gasteiger partial charge in [0.05, 0.1) is 6.54 Å². The van der Waals surface area contributed by atoms with E-state index in [0.29, 0.717) is 10.5 Å². The molecule has 8 nitrogen and oxygen atoms in total. The van der Waals surface area contributed by atoms with Crippen molar-refractivity contribution in [1.82, 2.24) is 18.7 Å². The summed E-state index contributed by atoms with van der Waals surface area (Å²) in [4.78, 5) is 28.7. The number of aromatic nitrogens is 4. The van der Waals surface area contributed by atoms with E-state index in [1.165, 1.54) is 16.2 Å². The quantitative estimate of drug-likeness (QED) is 0.625. The maximum absolute atomic E-state index is 12.5. The normalized spacial score (nSPS) is 12.5. The molecule has 0 bridgehead atoms. The van der Waals surface area contributed by atoms with E-state index in [1.54, 1.807) is 19.2 Å². The Hall–Kier alpha value is -2.39. The van der Waals surface area contributed by atoms with Crippen molar-refractivity contribution >= 4 is 27.1 Å². The molecule has 0 radical (unpaired) electrons.